The molecular formula is C16H22N2O2. The Hall–Kier alpha value is -1.84. The van der Waals surface area contributed by atoms with Crippen molar-refractivity contribution in [3.05, 3.63) is 35.4 Å². The number of nitrogens with zero attached hydrogens (tertiary/aromatic N) is 1. The molecule has 0 unspecified atom stereocenters. The zero-order chi connectivity index (χ0) is 14.4. The summed E-state index contributed by atoms with van der Waals surface area (Å²) in [7, 11) is 0. The van der Waals surface area contributed by atoms with Gasteiger partial charge in [0.2, 0.25) is 5.91 Å². The van der Waals surface area contributed by atoms with Crippen LogP contribution in [0.3, 0.4) is 0 Å². The van der Waals surface area contributed by atoms with Crippen LogP contribution in [-0.4, -0.2) is 36.3 Å². The molecule has 1 heterocycles. The van der Waals surface area contributed by atoms with Crippen LogP contribution in [0.25, 0.3) is 0 Å². The van der Waals surface area contributed by atoms with Gasteiger partial charge in [-0.05, 0) is 38.3 Å². The topological polar surface area (TPSA) is 49.4 Å². The molecule has 0 atom stereocenters. The van der Waals surface area contributed by atoms with Gasteiger partial charge in [0.1, 0.15) is 0 Å². The van der Waals surface area contributed by atoms with Crippen molar-refractivity contribution in [1.29, 1.82) is 0 Å². The van der Waals surface area contributed by atoms with Crippen LogP contribution in [0.1, 0.15) is 41.6 Å². The average Bonchev–Trinajstić information content (AvgIpc) is 2.48. The minimum Gasteiger partial charge on any atom is -0.352 e. The second-order valence-corrected chi connectivity index (χ2v) is 5.32. The standard InChI is InChI=1S/C16H22N2O2/c1-13-6-5-7-14(12-13)16(20)17-9-8-15(19)18-10-3-2-4-11-18/h5-7,12H,2-4,8-11H2,1H3,(H,17,20). The Balaban J connectivity index is 1.75. The lowest BCUT2D eigenvalue weighted by molar-refractivity contribution is -0.131. The Kier molecular flexibility index (Phi) is 5.16. The van der Waals surface area contributed by atoms with Crippen LogP contribution in [0.4, 0.5) is 0 Å². The van der Waals surface area contributed by atoms with E-state index in [1.54, 1.807) is 6.07 Å². The molecular weight excluding hydrogens is 252 g/mol. The molecule has 0 radical (unpaired) electrons. The summed E-state index contributed by atoms with van der Waals surface area (Å²) in [6.07, 6.45) is 3.80. The summed E-state index contributed by atoms with van der Waals surface area (Å²) in [5.74, 6) is 0.0365. The molecule has 0 bridgehead atoms. The molecule has 1 fully saturated rings. The van der Waals surface area contributed by atoms with Crippen molar-refractivity contribution in [2.45, 2.75) is 32.6 Å². The molecule has 0 saturated carbocycles. The summed E-state index contributed by atoms with van der Waals surface area (Å²) in [5.41, 5.74) is 1.71. The third-order valence-corrected chi connectivity index (χ3v) is 3.61. The van der Waals surface area contributed by atoms with Gasteiger partial charge in [-0.15, -0.1) is 0 Å². The lowest BCUT2D eigenvalue weighted by Gasteiger charge is -2.26. The molecule has 0 aromatic heterocycles. The van der Waals surface area contributed by atoms with Crippen LogP contribution in [0.15, 0.2) is 24.3 Å². The summed E-state index contributed by atoms with van der Waals surface area (Å²) in [4.78, 5) is 25.8. The smallest absolute Gasteiger partial charge is 0.251 e. The molecule has 0 spiro atoms. The van der Waals surface area contributed by atoms with Gasteiger partial charge in [-0.2, -0.15) is 0 Å². The Labute approximate surface area is 120 Å². The number of nitrogens with one attached hydrogen (secondary N) is 1. The largest absolute Gasteiger partial charge is 0.352 e. The third-order valence-electron chi connectivity index (χ3n) is 3.61. The molecule has 20 heavy (non-hydrogen) atoms. The Bertz CT molecular complexity index is 479. The number of benzene rings is 1. The molecule has 4 heteroatoms. The molecule has 2 amide bonds. The molecule has 4 nitrogen and oxygen atoms in total. The number of carbonyl (C=O) groups excluding carboxylic acids is 2. The zero-order valence-electron chi connectivity index (χ0n) is 12.0. The number of likely N-dealkylation sites (tertiary alicyclic amines) is 1. The first-order valence-electron chi connectivity index (χ1n) is 7.29. The van der Waals surface area contributed by atoms with E-state index in [0.29, 0.717) is 18.5 Å². The van der Waals surface area contributed by atoms with Crippen molar-refractivity contribution in [2.75, 3.05) is 19.6 Å². The summed E-state index contributed by atoms with van der Waals surface area (Å²) >= 11 is 0. The molecule has 1 aromatic carbocycles. The summed E-state index contributed by atoms with van der Waals surface area (Å²) < 4.78 is 0. The Morgan fingerprint density at radius 3 is 2.65 bits per heavy atom. The molecule has 1 aliphatic heterocycles. The van der Waals surface area contributed by atoms with E-state index < -0.39 is 0 Å². The predicted molar refractivity (Wildman–Crippen MR) is 78.6 cm³/mol. The lowest BCUT2D eigenvalue weighted by atomic mass is 10.1. The fraction of sp³-hybridized carbons (Fsp3) is 0.500. The normalized spacial score (nSPS) is 14.9. The first kappa shape index (κ1) is 14.6. The minimum absolute atomic E-state index is 0.111. The highest BCUT2D eigenvalue weighted by Gasteiger charge is 2.16. The van der Waals surface area contributed by atoms with Crippen molar-refractivity contribution in [3.63, 3.8) is 0 Å². The fourth-order valence-corrected chi connectivity index (χ4v) is 2.47. The molecule has 1 aromatic rings. The number of aryl methyl sites for hydroxylation is 1. The maximum atomic E-state index is 11.9. The Morgan fingerprint density at radius 1 is 1.20 bits per heavy atom. The van der Waals surface area contributed by atoms with Crippen molar-refractivity contribution in [1.82, 2.24) is 10.2 Å². The maximum absolute atomic E-state index is 11.9. The van der Waals surface area contributed by atoms with Gasteiger partial charge < -0.3 is 10.2 Å². The molecule has 1 aliphatic rings. The zero-order valence-corrected chi connectivity index (χ0v) is 12.0. The second-order valence-electron chi connectivity index (χ2n) is 5.32. The Morgan fingerprint density at radius 2 is 1.95 bits per heavy atom. The van der Waals surface area contributed by atoms with E-state index >= 15 is 0 Å². The molecule has 0 aliphatic carbocycles. The SMILES string of the molecule is Cc1cccc(C(=O)NCCC(=O)N2CCCCC2)c1. The van der Waals surface area contributed by atoms with Gasteiger partial charge in [0.05, 0.1) is 0 Å². The number of hydrogen-bond acceptors (Lipinski definition) is 2. The lowest BCUT2D eigenvalue weighted by Crippen LogP contribution is -2.37. The maximum Gasteiger partial charge on any atom is 0.251 e. The molecule has 2 rings (SSSR count). The van der Waals surface area contributed by atoms with Crippen LogP contribution >= 0.6 is 0 Å². The molecule has 1 saturated heterocycles. The summed E-state index contributed by atoms with van der Waals surface area (Å²) in [6, 6.07) is 7.45. The average molecular weight is 274 g/mol. The number of piperidine rings is 1. The second kappa shape index (κ2) is 7.08. The van der Waals surface area contributed by atoms with Gasteiger partial charge in [0.25, 0.3) is 5.91 Å². The van der Waals surface area contributed by atoms with E-state index in [1.165, 1.54) is 6.42 Å². The van der Waals surface area contributed by atoms with Crippen LogP contribution in [-0.2, 0) is 4.79 Å². The number of amides is 2. The van der Waals surface area contributed by atoms with Crippen molar-refractivity contribution < 1.29 is 9.59 Å². The third kappa shape index (κ3) is 4.08. The van der Waals surface area contributed by atoms with E-state index in [9.17, 15) is 9.59 Å². The highest BCUT2D eigenvalue weighted by Crippen LogP contribution is 2.09. The van der Waals surface area contributed by atoms with Crippen LogP contribution in [0, 0.1) is 6.92 Å². The molecule has 1 N–H and O–H groups in total. The van der Waals surface area contributed by atoms with Crippen LogP contribution in [0.2, 0.25) is 0 Å². The minimum atomic E-state index is -0.111. The number of carbonyl (C=O) groups is 2. The van der Waals surface area contributed by atoms with Gasteiger partial charge in [-0.25, -0.2) is 0 Å². The van der Waals surface area contributed by atoms with E-state index in [4.69, 9.17) is 0 Å². The van der Waals surface area contributed by atoms with Gasteiger partial charge in [-0.3, -0.25) is 9.59 Å². The highest BCUT2D eigenvalue weighted by molar-refractivity contribution is 5.94. The van der Waals surface area contributed by atoms with E-state index in [-0.39, 0.29) is 11.8 Å². The number of hydrogen-bond donors (Lipinski definition) is 1. The van der Waals surface area contributed by atoms with Gasteiger partial charge in [-0.1, -0.05) is 17.7 Å². The van der Waals surface area contributed by atoms with Gasteiger partial charge in [0.15, 0.2) is 0 Å². The predicted octanol–water partition coefficient (Wildman–Crippen LogP) is 2.13. The first-order chi connectivity index (χ1) is 9.66. The highest BCUT2D eigenvalue weighted by atomic mass is 16.2. The van der Waals surface area contributed by atoms with E-state index in [1.807, 2.05) is 30.0 Å². The summed E-state index contributed by atoms with van der Waals surface area (Å²) in [5, 5.41) is 2.81. The monoisotopic (exact) mass is 274 g/mol. The quantitative estimate of drug-likeness (QED) is 0.914. The van der Waals surface area contributed by atoms with Crippen molar-refractivity contribution >= 4 is 11.8 Å². The van der Waals surface area contributed by atoms with Gasteiger partial charge in [0, 0.05) is 31.6 Å². The van der Waals surface area contributed by atoms with Crippen LogP contribution in [0.5, 0.6) is 0 Å². The number of rotatable bonds is 4. The van der Waals surface area contributed by atoms with E-state index in [0.717, 1.165) is 31.5 Å². The van der Waals surface area contributed by atoms with Crippen molar-refractivity contribution in [3.8, 4) is 0 Å². The first-order valence-corrected chi connectivity index (χ1v) is 7.29. The van der Waals surface area contributed by atoms with Crippen LogP contribution < -0.4 is 5.32 Å². The van der Waals surface area contributed by atoms with E-state index in [2.05, 4.69) is 5.32 Å². The molecule has 108 valence electrons. The summed E-state index contributed by atoms with van der Waals surface area (Å²) in [6.45, 7) is 4.09. The fourth-order valence-electron chi connectivity index (χ4n) is 2.47. The van der Waals surface area contributed by atoms with Gasteiger partial charge >= 0.3 is 0 Å². The van der Waals surface area contributed by atoms with Crippen molar-refractivity contribution in [2.24, 2.45) is 0 Å².